The second-order valence-corrected chi connectivity index (χ2v) is 7.50. The van der Waals surface area contributed by atoms with Crippen molar-refractivity contribution < 1.29 is 0 Å². The van der Waals surface area contributed by atoms with Crippen molar-refractivity contribution in [3.8, 4) is 0 Å². The van der Waals surface area contributed by atoms with E-state index in [1.807, 2.05) is 0 Å². The van der Waals surface area contributed by atoms with Crippen LogP contribution in [-0.4, -0.2) is 9.97 Å². The Bertz CT molecular complexity index is 1160. The first kappa shape index (κ1) is 13.8. The van der Waals surface area contributed by atoms with Crippen LogP contribution in [0.4, 0.5) is 0 Å². The summed E-state index contributed by atoms with van der Waals surface area (Å²) in [5.41, 5.74) is 4.97. The Hall–Kier alpha value is -2.56. The fraction of sp³-hybridized carbons (Fsp3) is 0. The van der Waals surface area contributed by atoms with Gasteiger partial charge in [-0.2, -0.15) is 0 Å². The Labute approximate surface area is 146 Å². The summed E-state index contributed by atoms with van der Waals surface area (Å²) in [6.45, 7) is 0. The van der Waals surface area contributed by atoms with Crippen molar-refractivity contribution in [2.24, 2.45) is 0 Å². The summed E-state index contributed by atoms with van der Waals surface area (Å²) in [7, 11) is 0. The molecule has 0 fully saturated rings. The molecule has 4 heterocycles. The molecule has 0 spiro atoms. The summed E-state index contributed by atoms with van der Waals surface area (Å²) in [6, 6.07) is 21.1. The van der Waals surface area contributed by atoms with Gasteiger partial charge in [-0.3, -0.25) is 0 Å². The first-order valence-electron chi connectivity index (χ1n) is 7.78. The lowest BCUT2D eigenvalue weighted by Gasteiger charge is -1.85. The quantitative estimate of drug-likeness (QED) is 0.304. The average molecular weight is 346 g/mol. The Kier molecular flexibility index (Phi) is 3.18. The van der Waals surface area contributed by atoms with Crippen LogP contribution < -0.4 is 0 Å². The number of benzene rings is 2. The third kappa shape index (κ3) is 2.15. The molecule has 0 radical (unpaired) electrons. The van der Waals surface area contributed by atoms with Crippen LogP contribution in [0.15, 0.2) is 71.4 Å². The fourth-order valence-electron chi connectivity index (χ4n) is 3.10. The van der Waals surface area contributed by atoms with E-state index in [9.17, 15) is 0 Å². The molecule has 2 aromatic carbocycles. The zero-order chi connectivity index (χ0) is 15.9. The van der Waals surface area contributed by atoms with E-state index in [-0.39, 0.29) is 0 Å². The number of aromatic nitrogens is 2. The maximum absolute atomic E-state index is 3.37. The van der Waals surface area contributed by atoms with Gasteiger partial charge in [-0.25, -0.2) is 0 Å². The summed E-state index contributed by atoms with van der Waals surface area (Å²) in [5, 5.41) is 6.91. The summed E-state index contributed by atoms with van der Waals surface area (Å²) < 4.78 is 2.73. The second-order valence-electron chi connectivity index (χ2n) is 5.67. The Morgan fingerprint density at radius 2 is 0.958 bits per heavy atom. The van der Waals surface area contributed by atoms with Crippen LogP contribution in [0.25, 0.3) is 42.2 Å². The highest BCUT2D eigenvalue weighted by Crippen LogP contribution is 2.30. The Balaban J connectivity index is 0.000000109. The normalized spacial score (nSPS) is 11.3. The number of aromatic amines is 2. The lowest BCUT2D eigenvalue weighted by molar-refractivity contribution is 1.56. The molecule has 0 saturated carbocycles. The lowest BCUT2D eigenvalue weighted by atomic mass is 10.2. The minimum Gasteiger partial charge on any atom is -0.354 e. The monoisotopic (exact) mass is 346 g/mol. The van der Waals surface area contributed by atoms with Gasteiger partial charge >= 0.3 is 0 Å². The molecule has 4 heteroatoms. The van der Waals surface area contributed by atoms with Crippen molar-refractivity contribution >= 4 is 64.9 Å². The number of nitrogens with one attached hydrogen (secondary N) is 2. The van der Waals surface area contributed by atoms with E-state index in [0.29, 0.717) is 0 Å². The molecular weight excluding hydrogens is 332 g/mol. The summed E-state index contributed by atoms with van der Waals surface area (Å²) in [5.74, 6) is 0. The van der Waals surface area contributed by atoms with Crippen LogP contribution >= 0.6 is 22.7 Å². The molecule has 0 atom stereocenters. The van der Waals surface area contributed by atoms with Crippen LogP contribution in [0.3, 0.4) is 0 Å². The zero-order valence-corrected chi connectivity index (χ0v) is 14.4. The Morgan fingerprint density at radius 3 is 1.46 bits per heavy atom. The van der Waals surface area contributed by atoms with E-state index < -0.39 is 0 Å². The van der Waals surface area contributed by atoms with Crippen molar-refractivity contribution in [1.29, 1.82) is 0 Å². The van der Waals surface area contributed by atoms with Gasteiger partial charge in [0.2, 0.25) is 0 Å². The van der Waals surface area contributed by atoms with Crippen molar-refractivity contribution in [2.75, 3.05) is 0 Å². The molecule has 24 heavy (non-hydrogen) atoms. The lowest BCUT2D eigenvalue weighted by Crippen LogP contribution is -1.63. The van der Waals surface area contributed by atoms with Crippen molar-refractivity contribution in [3.05, 3.63) is 71.4 Å². The molecule has 0 aliphatic rings. The molecule has 6 aromatic rings. The van der Waals surface area contributed by atoms with Crippen molar-refractivity contribution in [3.63, 3.8) is 0 Å². The molecule has 2 nitrogen and oxygen atoms in total. The third-order valence-corrected chi connectivity index (χ3v) is 6.11. The Morgan fingerprint density at radius 1 is 0.500 bits per heavy atom. The van der Waals surface area contributed by atoms with Gasteiger partial charge < -0.3 is 9.97 Å². The minimum absolute atomic E-state index is 1.24. The number of rotatable bonds is 0. The molecule has 0 aliphatic carbocycles. The van der Waals surface area contributed by atoms with Gasteiger partial charge in [-0.05, 0) is 35.0 Å². The first-order valence-corrected chi connectivity index (χ1v) is 9.54. The molecule has 116 valence electrons. The number of hydrogen-bond acceptors (Lipinski definition) is 2. The SMILES string of the molecule is c1ccc2c(c1)[nH]c1ccsc12.c1ccc2c(c1)[nH]c1ccsc12. The van der Waals surface area contributed by atoms with Gasteiger partial charge in [0.05, 0.1) is 20.4 Å². The van der Waals surface area contributed by atoms with Gasteiger partial charge in [0, 0.05) is 21.8 Å². The molecule has 4 aromatic heterocycles. The van der Waals surface area contributed by atoms with E-state index in [4.69, 9.17) is 0 Å². The smallest absolute Gasteiger partial charge is 0.0598 e. The van der Waals surface area contributed by atoms with E-state index in [0.717, 1.165) is 0 Å². The van der Waals surface area contributed by atoms with E-state index in [1.54, 1.807) is 22.7 Å². The van der Waals surface area contributed by atoms with Crippen LogP contribution in [0.2, 0.25) is 0 Å². The largest absolute Gasteiger partial charge is 0.354 e. The van der Waals surface area contributed by atoms with E-state index >= 15 is 0 Å². The highest BCUT2D eigenvalue weighted by molar-refractivity contribution is 7.18. The predicted molar refractivity (Wildman–Crippen MR) is 107 cm³/mol. The molecular formula is C20H14N2S2. The van der Waals surface area contributed by atoms with Gasteiger partial charge in [-0.1, -0.05) is 36.4 Å². The van der Waals surface area contributed by atoms with Gasteiger partial charge in [-0.15, -0.1) is 22.7 Å². The summed E-state index contributed by atoms with van der Waals surface area (Å²) in [6.07, 6.45) is 0. The van der Waals surface area contributed by atoms with Crippen molar-refractivity contribution in [1.82, 2.24) is 9.97 Å². The van der Waals surface area contributed by atoms with Crippen LogP contribution in [0.1, 0.15) is 0 Å². The topological polar surface area (TPSA) is 31.6 Å². The summed E-state index contributed by atoms with van der Waals surface area (Å²) in [4.78, 5) is 6.74. The standard InChI is InChI=1S/2C10H7NS/c2*1-2-4-8-7(3-1)10-9(11-8)5-6-12-10/h2*1-6,11H. The van der Waals surface area contributed by atoms with Crippen LogP contribution in [0, 0.1) is 0 Å². The molecule has 0 bridgehead atoms. The predicted octanol–water partition coefficient (Wildman–Crippen LogP) is 6.77. The van der Waals surface area contributed by atoms with E-state index in [1.165, 1.54) is 42.2 Å². The summed E-state index contributed by atoms with van der Waals surface area (Å²) >= 11 is 3.58. The highest BCUT2D eigenvalue weighted by Gasteiger charge is 2.03. The highest BCUT2D eigenvalue weighted by atomic mass is 32.1. The molecule has 0 aliphatic heterocycles. The molecule has 2 N–H and O–H groups in total. The van der Waals surface area contributed by atoms with E-state index in [2.05, 4.69) is 81.4 Å². The first-order chi connectivity index (χ1) is 11.9. The maximum Gasteiger partial charge on any atom is 0.0598 e. The number of fused-ring (bicyclic) bond motifs is 6. The minimum atomic E-state index is 1.24. The van der Waals surface area contributed by atoms with Gasteiger partial charge in [0.25, 0.3) is 0 Å². The number of thiophene rings is 2. The zero-order valence-electron chi connectivity index (χ0n) is 12.7. The van der Waals surface area contributed by atoms with Gasteiger partial charge in [0.1, 0.15) is 0 Å². The molecule has 6 rings (SSSR count). The maximum atomic E-state index is 3.37. The number of para-hydroxylation sites is 2. The van der Waals surface area contributed by atoms with Gasteiger partial charge in [0.15, 0.2) is 0 Å². The average Bonchev–Trinajstić information content (AvgIpc) is 3.35. The third-order valence-electron chi connectivity index (χ3n) is 4.21. The van der Waals surface area contributed by atoms with Crippen LogP contribution in [0.5, 0.6) is 0 Å². The van der Waals surface area contributed by atoms with Crippen LogP contribution in [-0.2, 0) is 0 Å². The second kappa shape index (κ2) is 5.51. The number of H-pyrrole nitrogens is 2. The van der Waals surface area contributed by atoms with Crippen molar-refractivity contribution in [2.45, 2.75) is 0 Å². The number of hydrogen-bond donors (Lipinski definition) is 2. The molecule has 0 unspecified atom stereocenters. The fourth-order valence-corrected chi connectivity index (χ4v) is 4.89. The molecule has 0 saturated heterocycles. The molecule has 0 amide bonds.